The lowest BCUT2D eigenvalue weighted by Gasteiger charge is -2.45. The van der Waals surface area contributed by atoms with Crippen LogP contribution in [0.25, 0.3) is 22.5 Å². The van der Waals surface area contributed by atoms with Crippen LogP contribution in [0.5, 0.6) is 0 Å². The molecule has 10 nitrogen and oxygen atoms in total. The summed E-state index contributed by atoms with van der Waals surface area (Å²) < 4.78 is 4.20. The summed E-state index contributed by atoms with van der Waals surface area (Å²) in [6.07, 6.45) is 9.84. The Balaban J connectivity index is 1.36. The molecule has 3 N–H and O–H groups in total. The minimum absolute atomic E-state index is 0.00820. The third-order valence-electron chi connectivity index (χ3n) is 9.69. The normalized spacial score (nSPS) is 17.7. The second-order valence-electron chi connectivity index (χ2n) is 12.3. The topological polar surface area (TPSA) is 131 Å². The standard InChI is InChI=1S/C34H43N7O3/c1-2-3-12-29-28(23-24-14-16-25(17-15-24)26-10-5-6-11-27(26)31-36-38-39-37-31)32(43)41-30(13-9-21-40(29)41)34(18-7-4-8-19-34)33(44)35-20-22-42/h5-6,10-11,14-17,30,42H,2-4,7-9,12-13,18-23H2,1H3,(H,35,44)(H,36,37,38,39). The van der Waals surface area contributed by atoms with Gasteiger partial charge in [-0.1, -0.05) is 81.1 Å². The molecule has 1 atom stereocenters. The largest absolute Gasteiger partial charge is 0.395 e. The van der Waals surface area contributed by atoms with E-state index in [4.69, 9.17) is 0 Å². The van der Waals surface area contributed by atoms with E-state index in [-0.39, 0.29) is 30.7 Å². The molecule has 0 spiro atoms. The number of H-pyrrole nitrogens is 1. The summed E-state index contributed by atoms with van der Waals surface area (Å²) in [4.78, 5) is 28.2. The van der Waals surface area contributed by atoms with Crippen LogP contribution in [0.4, 0.5) is 0 Å². The van der Waals surface area contributed by atoms with Gasteiger partial charge in [0.25, 0.3) is 5.56 Å². The number of carbonyl (C=O) groups is 1. The number of tetrazole rings is 1. The molecule has 2 aliphatic rings. The number of benzene rings is 2. The molecular weight excluding hydrogens is 554 g/mol. The highest BCUT2D eigenvalue weighted by Gasteiger charge is 2.49. The summed E-state index contributed by atoms with van der Waals surface area (Å²) >= 11 is 0. The third kappa shape index (κ3) is 5.63. The van der Waals surface area contributed by atoms with Crippen molar-refractivity contribution in [2.75, 3.05) is 13.2 Å². The first-order valence-electron chi connectivity index (χ1n) is 16.2. The Morgan fingerprint density at radius 3 is 2.55 bits per heavy atom. The maximum Gasteiger partial charge on any atom is 0.270 e. The fourth-order valence-corrected chi connectivity index (χ4v) is 7.53. The number of rotatable bonds is 11. The zero-order valence-corrected chi connectivity index (χ0v) is 25.6. The van der Waals surface area contributed by atoms with Crippen LogP contribution in [0.1, 0.15) is 87.6 Å². The molecular formula is C34H43N7O3. The molecule has 1 fully saturated rings. The van der Waals surface area contributed by atoms with Gasteiger partial charge in [0.1, 0.15) is 0 Å². The van der Waals surface area contributed by atoms with Gasteiger partial charge in [-0.15, -0.1) is 10.2 Å². The number of nitrogens with one attached hydrogen (secondary N) is 2. The number of nitrogens with zero attached hydrogens (tertiary/aromatic N) is 5. The summed E-state index contributed by atoms with van der Waals surface area (Å²) in [6.45, 7) is 3.13. The van der Waals surface area contributed by atoms with Gasteiger partial charge in [-0.3, -0.25) is 14.3 Å². The van der Waals surface area contributed by atoms with Gasteiger partial charge in [0.15, 0.2) is 0 Å². The summed E-state index contributed by atoms with van der Waals surface area (Å²) in [5.41, 5.74) is 5.44. The summed E-state index contributed by atoms with van der Waals surface area (Å²) in [7, 11) is 0. The van der Waals surface area contributed by atoms with Crippen LogP contribution >= 0.6 is 0 Å². The van der Waals surface area contributed by atoms with Gasteiger partial charge in [0.2, 0.25) is 11.7 Å². The van der Waals surface area contributed by atoms with Crippen molar-refractivity contribution < 1.29 is 9.90 Å². The van der Waals surface area contributed by atoms with Crippen LogP contribution in [0, 0.1) is 5.41 Å². The van der Waals surface area contributed by atoms with Gasteiger partial charge in [0, 0.05) is 36.3 Å². The molecule has 2 aromatic carbocycles. The molecule has 1 unspecified atom stereocenters. The van der Waals surface area contributed by atoms with E-state index in [1.807, 2.05) is 22.9 Å². The Morgan fingerprint density at radius 2 is 1.84 bits per heavy atom. The van der Waals surface area contributed by atoms with Gasteiger partial charge in [0.05, 0.1) is 18.1 Å². The number of aromatic amines is 1. The van der Waals surface area contributed by atoms with Crippen molar-refractivity contribution in [2.45, 2.75) is 90.1 Å². The first-order valence-corrected chi connectivity index (χ1v) is 16.2. The lowest BCUT2D eigenvalue weighted by Crippen LogP contribution is -2.52. The van der Waals surface area contributed by atoms with Crippen LogP contribution in [0.2, 0.25) is 0 Å². The lowest BCUT2D eigenvalue weighted by molar-refractivity contribution is -0.138. The monoisotopic (exact) mass is 597 g/mol. The van der Waals surface area contributed by atoms with Crippen LogP contribution in [-0.4, -0.2) is 54.2 Å². The van der Waals surface area contributed by atoms with E-state index < -0.39 is 5.41 Å². The molecule has 0 bridgehead atoms. The number of carbonyl (C=O) groups excluding carboxylic acids is 1. The van der Waals surface area contributed by atoms with E-state index in [0.29, 0.717) is 12.2 Å². The number of hydrogen-bond donors (Lipinski definition) is 3. The number of aromatic nitrogens is 6. The van der Waals surface area contributed by atoms with Crippen molar-refractivity contribution in [3.05, 3.63) is 75.7 Å². The zero-order chi connectivity index (χ0) is 30.5. The van der Waals surface area contributed by atoms with E-state index in [0.717, 1.165) is 104 Å². The van der Waals surface area contributed by atoms with E-state index in [9.17, 15) is 14.7 Å². The molecule has 0 radical (unpaired) electrons. The molecule has 44 heavy (non-hydrogen) atoms. The van der Waals surface area contributed by atoms with Crippen LogP contribution in [0.3, 0.4) is 0 Å². The number of amides is 1. The van der Waals surface area contributed by atoms with E-state index in [2.05, 4.69) is 67.9 Å². The second-order valence-corrected chi connectivity index (χ2v) is 12.3. The minimum Gasteiger partial charge on any atom is -0.395 e. The smallest absolute Gasteiger partial charge is 0.270 e. The summed E-state index contributed by atoms with van der Waals surface area (Å²) in [6, 6.07) is 16.2. The van der Waals surface area contributed by atoms with Gasteiger partial charge in [-0.25, -0.2) is 4.68 Å². The predicted molar refractivity (Wildman–Crippen MR) is 169 cm³/mol. The fourth-order valence-electron chi connectivity index (χ4n) is 7.53. The van der Waals surface area contributed by atoms with Gasteiger partial charge >= 0.3 is 0 Å². The second kappa shape index (κ2) is 13.3. The Morgan fingerprint density at radius 1 is 1.07 bits per heavy atom. The van der Waals surface area contributed by atoms with Crippen molar-refractivity contribution in [3.63, 3.8) is 0 Å². The number of fused-ring (bicyclic) bond motifs is 1. The molecule has 6 rings (SSSR count). The van der Waals surface area contributed by atoms with Crippen LogP contribution in [-0.2, 0) is 24.2 Å². The number of aliphatic hydroxyl groups is 1. The molecule has 4 aromatic rings. The van der Waals surface area contributed by atoms with Crippen molar-refractivity contribution in [2.24, 2.45) is 5.41 Å². The first kappa shape index (κ1) is 30.0. The molecule has 2 aromatic heterocycles. The molecule has 1 aliphatic carbocycles. The summed E-state index contributed by atoms with van der Waals surface area (Å²) in [5.74, 6) is 0.541. The molecule has 232 valence electrons. The van der Waals surface area contributed by atoms with E-state index in [1.54, 1.807) is 0 Å². The summed E-state index contributed by atoms with van der Waals surface area (Å²) in [5, 5.41) is 27.0. The lowest BCUT2D eigenvalue weighted by atomic mass is 9.66. The molecule has 1 aliphatic heterocycles. The molecule has 0 saturated heterocycles. The fraction of sp³-hybridized carbons (Fsp3) is 0.500. The highest BCUT2D eigenvalue weighted by molar-refractivity contribution is 5.83. The maximum atomic E-state index is 14.4. The van der Waals surface area contributed by atoms with Crippen LogP contribution < -0.4 is 10.9 Å². The van der Waals surface area contributed by atoms with Crippen molar-refractivity contribution in [1.29, 1.82) is 0 Å². The number of aliphatic hydroxyl groups excluding tert-OH is 1. The predicted octanol–water partition coefficient (Wildman–Crippen LogP) is 4.82. The Kier molecular flexibility index (Phi) is 9.07. The Bertz CT molecular complexity index is 1620. The zero-order valence-electron chi connectivity index (χ0n) is 25.6. The van der Waals surface area contributed by atoms with Gasteiger partial charge in [-0.2, -0.15) is 5.21 Å². The molecule has 1 amide bonds. The molecule has 3 heterocycles. The Hall–Kier alpha value is -4.05. The highest BCUT2D eigenvalue weighted by atomic mass is 16.3. The van der Waals surface area contributed by atoms with E-state index >= 15 is 0 Å². The third-order valence-corrected chi connectivity index (χ3v) is 9.69. The van der Waals surface area contributed by atoms with Crippen molar-refractivity contribution >= 4 is 5.91 Å². The first-order chi connectivity index (χ1) is 21.6. The SMILES string of the molecule is CCCCc1c(Cc2ccc(-c3ccccc3-c3nn[nH]n3)cc2)c(=O)n2n1CCCC2C1(C(=O)NCCO)CCCCC1. The van der Waals surface area contributed by atoms with E-state index in [1.165, 1.54) is 0 Å². The van der Waals surface area contributed by atoms with Gasteiger partial charge in [-0.05, 0) is 60.4 Å². The average molecular weight is 598 g/mol. The molecule has 1 saturated carbocycles. The van der Waals surface area contributed by atoms with Crippen LogP contribution in [0.15, 0.2) is 53.3 Å². The van der Waals surface area contributed by atoms with Crippen molar-refractivity contribution in [1.82, 2.24) is 35.3 Å². The highest BCUT2D eigenvalue weighted by Crippen LogP contribution is 2.48. The van der Waals surface area contributed by atoms with Gasteiger partial charge < -0.3 is 10.4 Å². The average Bonchev–Trinajstić information content (AvgIpc) is 3.70. The van der Waals surface area contributed by atoms with Crippen molar-refractivity contribution in [3.8, 4) is 22.5 Å². The number of hydrogen-bond acceptors (Lipinski definition) is 6. The number of unbranched alkanes of at least 4 members (excludes halogenated alkanes) is 1. The quantitative estimate of drug-likeness (QED) is 0.227. The Labute approximate surface area is 257 Å². The molecule has 10 heteroatoms. The minimum atomic E-state index is -0.624. The maximum absolute atomic E-state index is 14.4.